The summed E-state index contributed by atoms with van der Waals surface area (Å²) in [6, 6.07) is 1.78. The average Bonchev–Trinajstić information content (AvgIpc) is 2.28. The summed E-state index contributed by atoms with van der Waals surface area (Å²) < 4.78 is 5.10. The predicted octanol–water partition coefficient (Wildman–Crippen LogP) is 2.28. The van der Waals surface area contributed by atoms with Crippen LogP contribution in [0.25, 0.3) is 6.08 Å². The first kappa shape index (κ1) is 13.5. The van der Waals surface area contributed by atoms with Gasteiger partial charge in [-0.25, -0.2) is 4.98 Å². The van der Waals surface area contributed by atoms with Gasteiger partial charge < -0.3 is 10.1 Å². The van der Waals surface area contributed by atoms with E-state index in [1.54, 1.807) is 13.2 Å². The molecule has 1 rings (SSSR count). The number of pyridine rings is 1. The Hall–Kier alpha value is -1.55. The summed E-state index contributed by atoms with van der Waals surface area (Å²) in [4.78, 5) is 14.7. The fourth-order valence-electron chi connectivity index (χ4n) is 1.27. The number of ether oxygens (including phenoxy) is 1. The number of nitrogens with one attached hydrogen (secondary N) is 1. The van der Waals surface area contributed by atoms with Crippen molar-refractivity contribution < 1.29 is 9.53 Å². The molecule has 0 aliphatic heterocycles. The second kappa shape index (κ2) is 6.91. The first-order valence-corrected chi connectivity index (χ1v) is 5.62. The van der Waals surface area contributed by atoms with Crippen LogP contribution in [0.1, 0.15) is 18.9 Å². The van der Waals surface area contributed by atoms with Gasteiger partial charge in [-0.1, -0.05) is 23.8 Å². The number of methoxy groups -OCH3 is 1. The predicted molar refractivity (Wildman–Crippen MR) is 68.1 cm³/mol. The number of halogens is 1. The highest BCUT2D eigenvalue weighted by atomic mass is 35.5. The minimum atomic E-state index is -0.0274. The van der Waals surface area contributed by atoms with Crippen LogP contribution in [0.5, 0.6) is 5.88 Å². The molecule has 0 unspecified atom stereocenters. The minimum absolute atomic E-state index is 0.0274. The Morgan fingerprint density at radius 1 is 1.65 bits per heavy atom. The average molecular weight is 255 g/mol. The van der Waals surface area contributed by atoms with Crippen molar-refractivity contribution in [2.24, 2.45) is 0 Å². The zero-order valence-electron chi connectivity index (χ0n) is 9.87. The molecule has 0 aromatic carbocycles. The van der Waals surface area contributed by atoms with Gasteiger partial charge in [-0.15, -0.1) is 0 Å². The van der Waals surface area contributed by atoms with E-state index in [4.69, 9.17) is 16.3 Å². The van der Waals surface area contributed by atoms with Gasteiger partial charge in [0.25, 0.3) is 0 Å². The van der Waals surface area contributed by atoms with Crippen molar-refractivity contribution in [2.75, 3.05) is 13.7 Å². The molecule has 0 spiro atoms. The van der Waals surface area contributed by atoms with Gasteiger partial charge in [0.2, 0.25) is 11.8 Å². The van der Waals surface area contributed by atoms with Crippen LogP contribution >= 0.6 is 11.6 Å². The standard InChI is InChI=1S/C12H15ClN2O2/c1-9(16)14-6-4-3-5-10-7-11(13)8-15-12(10)17-2/h3,5,7-8H,4,6H2,1-2H3,(H,14,16). The molecule has 4 nitrogen and oxygen atoms in total. The minimum Gasteiger partial charge on any atom is -0.481 e. The Kier molecular flexibility index (Phi) is 5.49. The molecule has 0 saturated heterocycles. The van der Waals surface area contributed by atoms with Crippen LogP contribution in [0, 0.1) is 0 Å². The van der Waals surface area contributed by atoms with Gasteiger partial charge in [-0.3, -0.25) is 4.79 Å². The molecule has 0 aliphatic carbocycles. The van der Waals surface area contributed by atoms with Gasteiger partial charge in [0.15, 0.2) is 0 Å². The fraction of sp³-hybridized carbons (Fsp3) is 0.333. The highest BCUT2D eigenvalue weighted by molar-refractivity contribution is 6.30. The Balaban J connectivity index is 2.57. The van der Waals surface area contributed by atoms with E-state index in [9.17, 15) is 4.79 Å². The largest absolute Gasteiger partial charge is 0.481 e. The number of aromatic nitrogens is 1. The topological polar surface area (TPSA) is 51.2 Å². The second-order valence-electron chi connectivity index (χ2n) is 3.43. The van der Waals surface area contributed by atoms with E-state index in [-0.39, 0.29) is 5.91 Å². The molecule has 1 amide bonds. The van der Waals surface area contributed by atoms with E-state index in [0.29, 0.717) is 17.4 Å². The molecule has 0 radical (unpaired) electrons. The van der Waals surface area contributed by atoms with Crippen LogP contribution in [0.3, 0.4) is 0 Å². The molecule has 1 aromatic rings. The number of carbonyl (C=O) groups is 1. The van der Waals surface area contributed by atoms with Crippen molar-refractivity contribution in [3.05, 3.63) is 28.9 Å². The zero-order chi connectivity index (χ0) is 12.7. The maximum Gasteiger partial charge on any atom is 0.220 e. The van der Waals surface area contributed by atoms with Gasteiger partial charge in [0, 0.05) is 25.2 Å². The van der Waals surface area contributed by atoms with Gasteiger partial charge in [0.05, 0.1) is 12.1 Å². The third kappa shape index (κ3) is 4.87. The first-order valence-electron chi connectivity index (χ1n) is 5.24. The Labute approximate surface area is 106 Å². The van der Waals surface area contributed by atoms with E-state index in [1.165, 1.54) is 13.1 Å². The van der Waals surface area contributed by atoms with E-state index in [2.05, 4.69) is 10.3 Å². The Morgan fingerprint density at radius 2 is 2.41 bits per heavy atom. The van der Waals surface area contributed by atoms with Crippen LogP contribution in [0.2, 0.25) is 5.02 Å². The quantitative estimate of drug-likeness (QED) is 0.821. The number of rotatable bonds is 5. The lowest BCUT2D eigenvalue weighted by Gasteiger charge is -2.03. The SMILES string of the molecule is COc1ncc(Cl)cc1C=CCCNC(C)=O. The number of nitrogens with zero attached hydrogens (tertiary/aromatic N) is 1. The van der Waals surface area contributed by atoms with Gasteiger partial charge in [-0.2, -0.15) is 0 Å². The summed E-state index contributed by atoms with van der Waals surface area (Å²) in [5.74, 6) is 0.505. The van der Waals surface area contributed by atoms with Crippen molar-refractivity contribution in [3.8, 4) is 5.88 Å². The molecule has 0 saturated carbocycles. The maximum atomic E-state index is 10.6. The normalized spacial score (nSPS) is 10.5. The smallest absolute Gasteiger partial charge is 0.220 e. The van der Waals surface area contributed by atoms with E-state index >= 15 is 0 Å². The lowest BCUT2D eigenvalue weighted by molar-refractivity contribution is -0.118. The van der Waals surface area contributed by atoms with Crippen LogP contribution in [0.15, 0.2) is 18.3 Å². The second-order valence-corrected chi connectivity index (χ2v) is 3.86. The number of carbonyl (C=O) groups excluding carboxylic acids is 1. The zero-order valence-corrected chi connectivity index (χ0v) is 10.6. The Bertz CT molecular complexity index is 419. The molecule has 5 heteroatoms. The fourth-order valence-corrected chi connectivity index (χ4v) is 1.44. The van der Waals surface area contributed by atoms with E-state index in [0.717, 1.165) is 12.0 Å². The molecule has 1 N–H and O–H groups in total. The molecule has 92 valence electrons. The lowest BCUT2D eigenvalue weighted by atomic mass is 10.2. The number of amides is 1. The van der Waals surface area contributed by atoms with Crippen molar-refractivity contribution >= 4 is 23.6 Å². The molecule has 0 fully saturated rings. The molecule has 0 aliphatic rings. The van der Waals surface area contributed by atoms with Crippen molar-refractivity contribution in [1.29, 1.82) is 0 Å². The molecule has 0 bridgehead atoms. The molecule has 1 heterocycles. The van der Waals surface area contributed by atoms with Crippen LogP contribution in [0.4, 0.5) is 0 Å². The van der Waals surface area contributed by atoms with Crippen LogP contribution in [-0.4, -0.2) is 24.5 Å². The highest BCUT2D eigenvalue weighted by Crippen LogP contribution is 2.20. The number of hydrogen-bond acceptors (Lipinski definition) is 3. The molecule has 17 heavy (non-hydrogen) atoms. The third-order valence-corrected chi connectivity index (χ3v) is 2.23. The van der Waals surface area contributed by atoms with Gasteiger partial charge in [0.1, 0.15) is 0 Å². The number of hydrogen-bond donors (Lipinski definition) is 1. The monoisotopic (exact) mass is 254 g/mol. The summed E-state index contributed by atoms with van der Waals surface area (Å²) >= 11 is 5.85. The van der Waals surface area contributed by atoms with Crippen LogP contribution < -0.4 is 10.1 Å². The van der Waals surface area contributed by atoms with Gasteiger partial charge >= 0.3 is 0 Å². The molecular formula is C12H15ClN2O2. The first-order chi connectivity index (χ1) is 8.13. The lowest BCUT2D eigenvalue weighted by Crippen LogP contribution is -2.20. The highest BCUT2D eigenvalue weighted by Gasteiger charge is 2.01. The van der Waals surface area contributed by atoms with Crippen molar-refractivity contribution in [3.63, 3.8) is 0 Å². The van der Waals surface area contributed by atoms with Crippen molar-refractivity contribution in [2.45, 2.75) is 13.3 Å². The third-order valence-electron chi connectivity index (χ3n) is 2.02. The summed E-state index contributed by atoms with van der Waals surface area (Å²) in [5.41, 5.74) is 0.822. The van der Waals surface area contributed by atoms with Crippen LogP contribution in [-0.2, 0) is 4.79 Å². The summed E-state index contributed by atoms with van der Waals surface area (Å²) in [5, 5.41) is 3.27. The summed E-state index contributed by atoms with van der Waals surface area (Å²) in [6.07, 6.45) is 6.09. The summed E-state index contributed by atoms with van der Waals surface area (Å²) in [7, 11) is 1.56. The molecule has 1 aromatic heterocycles. The van der Waals surface area contributed by atoms with Gasteiger partial charge in [-0.05, 0) is 12.5 Å². The molecule has 0 atom stereocenters. The van der Waals surface area contributed by atoms with E-state index in [1.807, 2.05) is 12.2 Å². The van der Waals surface area contributed by atoms with Crippen molar-refractivity contribution in [1.82, 2.24) is 10.3 Å². The molecular weight excluding hydrogens is 240 g/mol. The summed E-state index contributed by atoms with van der Waals surface area (Å²) in [6.45, 7) is 2.11. The maximum absolute atomic E-state index is 10.6. The Morgan fingerprint density at radius 3 is 3.06 bits per heavy atom. The van der Waals surface area contributed by atoms with E-state index < -0.39 is 0 Å².